The number of amides is 2. The summed E-state index contributed by atoms with van der Waals surface area (Å²) >= 11 is 0. The fourth-order valence-corrected chi connectivity index (χ4v) is 6.96. The summed E-state index contributed by atoms with van der Waals surface area (Å²) in [5, 5.41) is 0. The lowest BCUT2D eigenvalue weighted by Gasteiger charge is -2.37. The average molecular weight is 506 g/mol. The highest BCUT2D eigenvalue weighted by Gasteiger charge is 2.37. The van der Waals surface area contributed by atoms with Crippen molar-refractivity contribution in [3.05, 3.63) is 23.8 Å². The van der Waals surface area contributed by atoms with E-state index >= 15 is 0 Å². The Kier molecular flexibility index (Phi) is 7.80. The summed E-state index contributed by atoms with van der Waals surface area (Å²) in [4.78, 5) is 40.8. The zero-order valence-corrected chi connectivity index (χ0v) is 21.4. The number of carbonyl (C=O) groups excluding carboxylic acids is 3. The topological polar surface area (TPSA) is 104 Å². The summed E-state index contributed by atoms with van der Waals surface area (Å²) in [6, 6.07) is 5.01. The van der Waals surface area contributed by atoms with Gasteiger partial charge in [-0.2, -0.15) is 4.31 Å². The first-order valence-corrected chi connectivity index (χ1v) is 14.0. The molecule has 192 valence electrons. The molecule has 2 fully saturated rings. The normalized spacial score (nSPS) is 21.9. The minimum absolute atomic E-state index is 0.00847. The second-order valence-electron chi connectivity index (χ2n) is 9.62. The van der Waals surface area contributed by atoms with Gasteiger partial charge >= 0.3 is 5.97 Å². The van der Waals surface area contributed by atoms with Gasteiger partial charge in [-0.1, -0.05) is 0 Å². The highest BCUT2D eigenvalue weighted by Crippen LogP contribution is 2.32. The number of carbonyl (C=O) groups is 3. The second-order valence-corrected chi connectivity index (χ2v) is 11.6. The van der Waals surface area contributed by atoms with Crippen LogP contribution in [0.2, 0.25) is 0 Å². The van der Waals surface area contributed by atoms with Gasteiger partial charge in [-0.05, 0) is 69.2 Å². The van der Waals surface area contributed by atoms with Crippen LogP contribution in [-0.2, 0) is 35.6 Å². The number of ether oxygens (including phenoxy) is 1. The third-order valence-electron chi connectivity index (χ3n) is 7.34. The molecule has 0 spiro atoms. The molecule has 10 heteroatoms. The number of hydrogen-bond donors (Lipinski definition) is 0. The van der Waals surface area contributed by atoms with Crippen molar-refractivity contribution in [2.75, 3.05) is 44.2 Å². The van der Waals surface area contributed by atoms with Crippen LogP contribution in [0.5, 0.6) is 0 Å². The number of esters is 1. The SMILES string of the molecule is CCOC(=O)C1CCCN(C(=O)C2CCN(S(=O)(=O)c3ccc4c(c3)CCCN4C(C)=O)CC2)C1. The van der Waals surface area contributed by atoms with E-state index < -0.39 is 10.0 Å². The van der Waals surface area contributed by atoms with Crippen molar-refractivity contribution in [3.8, 4) is 0 Å². The monoisotopic (exact) mass is 505 g/mol. The summed E-state index contributed by atoms with van der Waals surface area (Å²) in [5.41, 5.74) is 1.66. The van der Waals surface area contributed by atoms with Crippen LogP contribution < -0.4 is 4.90 Å². The minimum atomic E-state index is -3.69. The maximum absolute atomic E-state index is 13.3. The van der Waals surface area contributed by atoms with Crippen LogP contribution in [0.4, 0.5) is 5.69 Å². The molecular weight excluding hydrogens is 470 g/mol. The summed E-state index contributed by atoms with van der Waals surface area (Å²) in [5.74, 6) is -0.807. The molecule has 1 aromatic rings. The third-order valence-corrected chi connectivity index (χ3v) is 9.24. The van der Waals surface area contributed by atoms with Crippen molar-refractivity contribution in [2.24, 2.45) is 11.8 Å². The fraction of sp³-hybridized carbons (Fsp3) is 0.640. The lowest BCUT2D eigenvalue weighted by molar-refractivity contribution is -0.152. The molecule has 3 aliphatic rings. The van der Waals surface area contributed by atoms with Gasteiger partial charge in [-0.3, -0.25) is 14.4 Å². The van der Waals surface area contributed by atoms with E-state index in [2.05, 4.69) is 0 Å². The van der Waals surface area contributed by atoms with Gasteiger partial charge in [-0.15, -0.1) is 0 Å². The van der Waals surface area contributed by atoms with E-state index in [0.29, 0.717) is 39.1 Å². The predicted molar refractivity (Wildman–Crippen MR) is 130 cm³/mol. The lowest BCUT2D eigenvalue weighted by Crippen LogP contribution is -2.48. The summed E-state index contributed by atoms with van der Waals surface area (Å²) in [6.45, 7) is 5.84. The molecule has 3 aliphatic heterocycles. The number of aryl methyl sites for hydroxylation is 1. The van der Waals surface area contributed by atoms with Crippen LogP contribution in [0.3, 0.4) is 0 Å². The van der Waals surface area contributed by atoms with Gasteiger partial charge in [0, 0.05) is 51.3 Å². The first-order chi connectivity index (χ1) is 16.7. The van der Waals surface area contributed by atoms with Crippen molar-refractivity contribution in [1.82, 2.24) is 9.21 Å². The van der Waals surface area contributed by atoms with Gasteiger partial charge in [0.25, 0.3) is 0 Å². The van der Waals surface area contributed by atoms with Gasteiger partial charge in [0.15, 0.2) is 0 Å². The highest BCUT2D eigenvalue weighted by atomic mass is 32.2. The maximum atomic E-state index is 13.3. The molecule has 0 radical (unpaired) electrons. The quantitative estimate of drug-likeness (QED) is 0.568. The number of sulfonamides is 1. The van der Waals surface area contributed by atoms with Crippen LogP contribution in [0, 0.1) is 11.8 Å². The average Bonchev–Trinajstić information content (AvgIpc) is 2.87. The molecule has 0 bridgehead atoms. The van der Waals surface area contributed by atoms with Crippen LogP contribution in [0.15, 0.2) is 23.1 Å². The number of likely N-dealkylation sites (tertiary alicyclic amines) is 1. The van der Waals surface area contributed by atoms with Crippen molar-refractivity contribution in [2.45, 2.75) is 57.3 Å². The molecule has 1 atom stereocenters. The Morgan fingerprint density at radius 3 is 2.43 bits per heavy atom. The summed E-state index contributed by atoms with van der Waals surface area (Å²) < 4.78 is 33.3. The van der Waals surface area contributed by atoms with Gasteiger partial charge in [0.05, 0.1) is 17.4 Å². The van der Waals surface area contributed by atoms with E-state index in [1.807, 2.05) is 0 Å². The van der Waals surface area contributed by atoms with Crippen LogP contribution in [-0.4, -0.2) is 74.7 Å². The fourth-order valence-electron chi connectivity index (χ4n) is 5.44. The Morgan fingerprint density at radius 1 is 1.00 bits per heavy atom. The first kappa shape index (κ1) is 25.6. The van der Waals surface area contributed by atoms with Gasteiger partial charge in [-0.25, -0.2) is 8.42 Å². The number of hydrogen-bond acceptors (Lipinski definition) is 6. The number of rotatable bonds is 5. The van der Waals surface area contributed by atoms with Gasteiger partial charge in [0.2, 0.25) is 21.8 Å². The Bertz CT molecular complexity index is 1080. The van der Waals surface area contributed by atoms with E-state index in [9.17, 15) is 22.8 Å². The maximum Gasteiger partial charge on any atom is 0.310 e. The molecule has 2 amide bonds. The molecule has 0 N–H and O–H groups in total. The van der Waals surface area contributed by atoms with Crippen LogP contribution >= 0.6 is 0 Å². The zero-order chi connectivity index (χ0) is 25.2. The number of piperidine rings is 2. The molecule has 0 aliphatic carbocycles. The number of nitrogens with zero attached hydrogens (tertiary/aromatic N) is 3. The van der Waals surface area contributed by atoms with E-state index in [0.717, 1.165) is 36.9 Å². The van der Waals surface area contributed by atoms with E-state index in [4.69, 9.17) is 4.74 Å². The van der Waals surface area contributed by atoms with Crippen molar-refractivity contribution < 1.29 is 27.5 Å². The van der Waals surface area contributed by atoms with Gasteiger partial charge < -0.3 is 14.5 Å². The molecule has 35 heavy (non-hydrogen) atoms. The Balaban J connectivity index is 1.39. The Morgan fingerprint density at radius 2 is 1.74 bits per heavy atom. The third kappa shape index (κ3) is 5.38. The predicted octanol–water partition coefficient (Wildman–Crippen LogP) is 2.19. The van der Waals surface area contributed by atoms with Crippen molar-refractivity contribution in [1.29, 1.82) is 0 Å². The molecule has 3 heterocycles. The number of anilines is 1. The lowest BCUT2D eigenvalue weighted by atomic mass is 9.93. The first-order valence-electron chi connectivity index (χ1n) is 12.6. The number of benzene rings is 1. The van der Waals surface area contributed by atoms with E-state index in [1.165, 1.54) is 11.2 Å². The van der Waals surface area contributed by atoms with Gasteiger partial charge in [0.1, 0.15) is 0 Å². The molecule has 0 aromatic heterocycles. The molecule has 1 unspecified atom stereocenters. The smallest absolute Gasteiger partial charge is 0.310 e. The molecule has 0 saturated carbocycles. The number of fused-ring (bicyclic) bond motifs is 1. The Hall–Kier alpha value is -2.46. The largest absolute Gasteiger partial charge is 0.466 e. The van der Waals surface area contributed by atoms with Crippen LogP contribution in [0.1, 0.15) is 51.5 Å². The summed E-state index contributed by atoms with van der Waals surface area (Å²) in [6.07, 6.45) is 3.95. The molecule has 1 aromatic carbocycles. The minimum Gasteiger partial charge on any atom is -0.466 e. The Labute approximate surface area is 207 Å². The highest BCUT2D eigenvalue weighted by molar-refractivity contribution is 7.89. The van der Waals surface area contributed by atoms with E-state index in [-0.39, 0.29) is 47.6 Å². The van der Waals surface area contributed by atoms with E-state index in [1.54, 1.807) is 34.9 Å². The second kappa shape index (κ2) is 10.7. The zero-order valence-electron chi connectivity index (χ0n) is 20.6. The van der Waals surface area contributed by atoms with Crippen molar-refractivity contribution in [3.63, 3.8) is 0 Å². The molecular formula is C25H35N3O6S. The molecule has 2 saturated heterocycles. The summed E-state index contributed by atoms with van der Waals surface area (Å²) in [7, 11) is -3.69. The molecule has 9 nitrogen and oxygen atoms in total. The molecule has 4 rings (SSSR count). The van der Waals surface area contributed by atoms with Crippen molar-refractivity contribution >= 4 is 33.5 Å². The standard InChI is InChI=1S/C25H35N3O6S/c1-3-34-25(31)21-7-4-12-26(17-21)24(30)19-10-14-27(15-11-19)35(32,33)22-8-9-23-20(16-22)6-5-13-28(23)18(2)29/h8-9,16,19,21H,3-7,10-15,17H2,1-2H3. The van der Waals surface area contributed by atoms with Crippen LogP contribution in [0.25, 0.3) is 0 Å².